The van der Waals surface area contributed by atoms with Gasteiger partial charge in [0, 0.05) is 25.3 Å². The Morgan fingerprint density at radius 2 is 2.26 bits per heavy atom. The Balaban J connectivity index is 2.06. The fourth-order valence-corrected chi connectivity index (χ4v) is 2.97. The highest BCUT2D eigenvalue weighted by Crippen LogP contribution is 2.28. The second-order valence-corrected chi connectivity index (χ2v) is 5.56. The van der Waals surface area contributed by atoms with Crippen LogP contribution in [-0.4, -0.2) is 24.1 Å². The number of rotatable bonds is 6. The third kappa shape index (κ3) is 3.47. The monoisotopic (exact) mass is 261 g/mol. The lowest BCUT2D eigenvalue weighted by molar-refractivity contribution is 0.638. The predicted molar refractivity (Wildman–Crippen MR) is 81.6 cm³/mol. The van der Waals surface area contributed by atoms with Crippen LogP contribution < -0.4 is 10.2 Å². The minimum Gasteiger partial charge on any atom is -0.353 e. The van der Waals surface area contributed by atoms with Gasteiger partial charge in [0.05, 0.1) is 0 Å². The van der Waals surface area contributed by atoms with Gasteiger partial charge < -0.3 is 10.2 Å². The van der Waals surface area contributed by atoms with Crippen molar-refractivity contribution in [3.63, 3.8) is 0 Å². The van der Waals surface area contributed by atoms with Crippen molar-refractivity contribution in [1.29, 1.82) is 0 Å². The molecule has 0 aliphatic carbocycles. The quantitative estimate of drug-likeness (QED) is 0.797. The van der Waals surface area contributed by atoms with Crippen LogP contribution in [0.5, 0.6) is 0 Å². The first-order valence-electron chi connectivity index (χ1n) is 7.69. The molecule has 1 aliphatic heterocycles. The van der Waals surface area contributed by atoms with Crippen LogP contribution in [0.25, 0.3) is 0 Å². The Kier molecular flexibility index (Phi) is 5.20. The Morgan fingerprint density at radius 3 is 2.95 bits per heavy atom. The van der Waals surface area contributed by atoms with Gasteiger partial charge in [-0.1, -0.05) is 13.8 Å². The molecule has 1 fully saturated rings. The summed E-state index contributed by atoms with van der Waals surface area (Å²) >= 11 is 0. The zero-order chi connectivity index (χ0) is 13.7. The topological polar surface area (TPSA) is 28.2 Å². The number of nitrogens with one attached hydrogen (secondary N) is 1. The first-order valence-corrected chi connectivity index (χ1v) is 7.69. The maximum absolute atomic E-state index is 4.72. The number of aromatic nitrogens is 1. The number of hydrogen-bond donors (Lipinski definition) is 1. The van der Waals surface area contributed by atoms with Crippen molar-refractivity contribution in [3.8, 4) is 0 Å². The van der Waals surface area contributed by atoms with E-state index in [0.717, 1.165) is 13.1 Å². The van der Waals surface area contributed by atoms with Crippen LogP contribution in [-0.2, 0) is 6.54 Å². The summed E-state index contributed by atoms with van der Waals surface area (Å²) in [6.45, 7) is 9.83. The highest BCUT2D eigenvalue weighted by molar-refractivity contribution is 5.49. The van der Waals surface area contributed by atoms with E-state index >= 15 is 0 Å². The van der Waals surface area contributed by atoms with Gasteiger partial charge in [-0.15, -0.1) is 0 Å². The molecule has 0 saturated carbocycles. The molecule has 2 rings (SSSR count). The number of hydrogen-bond acceptors (Lipinski definition) is 3. The van der Waals surface area contributed by atoms with Gasteiger partial charge in [-0.3, -0.25) is 0 Å². The van der Waals surface area contributed by atoms with Crippen LogP contribution in [0, 0.1) is 6.92 Å². The van der Waals surface area contributed by atoms with Crippen LogP contribution in [0.1, 0.15) is 50.7 Å². The standard InChI is InChI=1S/C16H27N3/c1-4-8-17-11-14-10-13(3)16(18-12-14)19-9-6-7-15(19)5-2/h10,12,15,17H,4-9,11H2,1-3H3. The van der Waals surface area contributed by atoms with Crippen molar-refractivity contribution in [3.05, 3.63) is 23.4 Å². The molecule has 0 amide bonds. The van der Waals surface area contributed by atoms with E-state index in [0.29, 0.717) is 6.04 Å². The fraction of sp³-hybridized carbons (Fsp3) is 0.688. The third-order valence-corrected chi connectivity index (χ3v) is 3.98. The summed E-state index contributed by atoms with van der Waals surface area (Å²) in [5.74, 6) is 1.20. The Labute approximate surface area is 117 Å². The average molecular weight is 261 g/mol. The van der Waals surface area contributed by atoms with Crippen LogP contribution in [0.15, 0.2) is 12.3 Å². The van der Waals surface area contributed by atoms with E-state index in [1.165, 1.54) is 49.2 Å². The molecular weight excluding hydrogens is 234 g/mol. The molecule has 0 aromatic carbocycles. The first kappa shape index (κ1) is 14.3. The van der Waals surface area contributed by atoms with Gasteiger partial charge >= 0.3 is 0 Å². The summed E-state index contributed by atoms with van der Waals surface area (Å²) in [6, 6.07) is 2.98. The van der Waals surface area contributed by atoms with Gasteiger partial charge in [-0.2, -0.15) is 0 Å². The zero-order valence-corrected chi connectivity index (χ0v) is 12.6. The van der Waals surface area contributed by atoms with Crippen molar-refractivity contribution in [2.24, 2.45) is 0 Å². The molecule has 0 bridgehead atoms. The molecule has 0 spiro atoms. The van der Waals surface area contributed by atoms with Gasteiger partial charge in [-0.05, 0) is 56.3 Å². The fourth-order valence-electron chi connectivity index (χ4n) is 2.97. The molecule has 0 radical (unpaired) electrons. The summed E-state index contributed by atoms with van der Waals surface area (Å²) in [7, 11) is 0. The lowest BCUT2D eigenvalue weighted by Crippen LogP contribution is -2.30. The SMILES string of the molecule is CCCNCc1cnc(N2CCCC2CC)c(C)c1. The van der Waals surface area contributed by atoms with Crippen molar-refractivity contribution >= 4 is 5.82 Å². The largest absolute Gasteiger partial charge is 0.353 e. The summed E-state index contributed by atoms with van der Waals surface area (Å²) < 4.78 is 0. The second-order valence-electron chi connectivity index (χ2n) is 5.56. The third-order valence-electron chi connectivity index (χ3n) is 3.98. The molecular formula is C16H27N3. The van der Waals surface area contributed by atoms with E-state index in [9.17, 15) is 0 Å². The van der Waals surface area contributed by atoms with Crippen LogP contribution >= 0.6 is 0 Å². The van der Waals surface area contributed by atoms with Crippen LogP contribution in [0.3, 0.4) is 0 Å². The van der Waals surface area contributed by atoms with Gasteiger partial charge in [0.1, 0.15) is 5.82 Å². The predicted octanol–water partition coefficient (Wildman–Crippen LogP) is 3.27. The molecule has 1 N–H and O–H groups in total. The highest BCUT2D eigenvalue weighted by atomic mass is 15.2. The van der Waals surface area contributed by atoms with Gasteiger partial charge in [-0.25, -0.2) is 4.98 Å². The number of anilines is 1. The summed E-state index contributed by atoms with van der Waals surface area (Å²) in [5, 5.41) is 3.43. The second kappa shape index (κ2) is 6.90. The van der Waals surface area contributed by atoms with E-state index in [4.69, 9.17) is 4.98 Å². The molecule has 1 aromatic rings. The molecule has 3 nitrogen and oxygen atoms in total. The van der Waals surface area contributed by atoms with Gasteiger partial charge in [0.15, 0.2) is 0 Å². The van der Waals surface area contributed by atoms with E-state index in [2.05, 4.69) is 37.1 Å². The number of nitrogens with zero attached hydrogens (tertiary/aromatic N) is 2. The van der Waals surface area contributed by atoms with Crippen LogP contribution in [0.2, 0.25) is 0 Å². The summed E-state index contributed by atoms with van der Waals surface area (Å²) in [5.41, 5.74) is 2.61. The maximum atomic E-state index is 4.72. The lowest BCUT2D eigenvalue weighted by Gasteiger charge is -2.26. The lowest BCUT2D eigenvalue weighted by atomic mass is 10.1. The van der Waals surface area contributed by atoms with Crippen molar-refractivity contribution in [1.82, 2.24) is 10.3 Å². The van der Waals surface area contributed by atoms with Crippen LogP contribution in [0.4, 0.5) is 5.82 Å². The zero-order valence-electron chi connectivity index (χ0n) is 12.6. The molecule has 19 heavy (non-hydrogen) atoms. The molecule has 106 valence electrons. The Bertz CT molecular complexity index is 403. The molecule has 1 aromatic heterocycles. The molecule has 1 aliphatic rings. The van der Waals surface area contributed by atoms with E-state index < -0.39 is 0 Å². The molecule has 1 unspecified atom stereocenters. The minimum absolute atomic E-state index is 0.690. The van der Waals surface area contributed by atoms with E-state index in [1.807, 2.05) is 6.20 Å². The highest BCUT2D eigenvalue weighted by Gasteiger charge is 2.25. The Hall–Kier alpha value is -1.09. The normalized spacial score (nSPS) is 19.1. The summed E-state index contributed by atoms with van der Waals surface area (Å²) in [6.07, 6.45) is 7.06. The molecule has 1 saturated heterocycles. The first-order chi connectivity index (χ1) is 9.26. The van der Waals surface area contributed by atoms with Gasteiger partial charge in [0.25, 0.3) is 0 Å². The van der Waals surface area contributed by atoms with Crippen molar-refractivity contribution < 1.29 is 0 Å². The molecule has 2 heterocycles. The Morgan fingerprint density at radius 1 is 1.42 bits per heavy atom. The average Bonchev–Trinajstić information content (AvgIpc) is 2.87. The van der Waals surface area contributed by atoms with E-state index in [1.54, 1.807) is 0 Å². The number of pyridine rings is 1. The van der Waals surface area contributed by atoms with E-state index in [-0.39, 0.29) is 0 Å². The molecule has 1 atom stereocenters. The number of aryl methyl sites for hydroxylation is 1. The smallest absolute Gasteiger partial charge is 0.131 e. The van der Waals surface area contributed by atoms with Crippen molar-refractivity contribution in [2.45, 2.75) is 59.0 Å². The van der Waals surface area contributed by atoms with Gasteiger partial charge in [0.2, 0.25) is 0 Å². The summed E-state index contributed by atoms with van der Waals surface area (Å²) in [4.78, 5) is 7.22. The van der Waals surface area contributed by atoms with Crippen molar-refractivity contribution in [2.75, 3.05) is 18.0 Å². The maximum Gasteiger partial charge on any atom is 0.131 e. The molecule has 3 heteroatoms. The minimum atomic E-state index is 0.690.